The van der Waals surface area contributed by atoms with Gasteiger partial charge in [-0.15, -0.1) is 0 Å². The van der Waals surface area contributed by atoms with Gasteiger partial charge in [0, 0.05) is 0 Å². The third kappa shape index (κ3) is 10.3. The largest absolute Gasteiger partial charge is 0.506 e. The first kappa shape index (κ1) is 11.3. The third-order valence-electron chi connectivity index (χ3n) is 0.980. The van der Waals surface area contributed by atoms with Gasteiger partial charge >= 0.3 is 12.3 Å². The smallest absolute Gasteiger partial charge is 0.450 e. The van der Waals surface area contributed by atoms with Gasteiger partial charge in [0.25, 0.3) is 0 Å². The summed E-state index contributed by atoms with van der Waals surface area (Å²) in [5.41, 5.74) is 0. The maximum absolute atomic E-state index is 9.83. The molecule has 0 aromatic rings. The monoisotopic (exact) mass is 190 g/mol. The van der Waals surface area contributed by atoms with Gasteiger partial charge in [0.2, 0.25) is 0 Å². The maximum Gasteiger partial charge on any atom is 0.506 e. The average molecular weight is 190 g/mol. The Kier molecular flexibility index (Phi) is 6.04. The first-order valence-electron chi connectivity index (χ1n) is 3.49. The van der Waals surface area contributed by atoms with E-state index >= 15 is 0 Å². The van der Waals surface area contributed by atoms with Gasteiger partial charge in [0.15, 0.2) is 0 Å². The number of hydrogen-bond acceptors (Lipinski definition) is 4. The molecule has 0 spiro atoms. The molecule has 0 saturated carbocycles. The summed E-state index contributed by atoms with van der Waals surface area (Å²) >= 11 is 0. The SMILES string of the molecule is O=C(O)OCC=CCCOC(=O)O. The molecule has 0 aliphatic rings. The number of carboxylic acid groups (broad SMARTS) is 2. The van der Waals surface area contributed by atoms with Gasteiger partial charge < -0.3 is 19.7 Å². The Morgan fingerprint density at radius 2 is 1.69 bits per heavy atom. The van der Waals surface area contributed by atoms with Crippen LogP contribution in [0.4, 0.5) is 9.59 Å². The molecule has 6 heteroatoms. The van der Waals surface area contributed by atoms with Crippen LogP contribution in [0.5, 0.6) is 0 Å². The Bertz CT molecular complexity index is 197. The minimum Gasteiger partial charge on any atom is -0.450 e. The number of carbonyl (C=O) groups is 2. The van der Waals surface area contributed by atoms with Crippen molar-refractivity contribution in [3.8, 4) is 0 Å². The van der Waals surface area contributed by atoms with E-state index in [1.165, 1.54) is 6.08 Å². The normalized spacial score (nSPS) is 9.85. The highest BCUT2D eigenvalue weighted by atomic mass is 16.7. The lowest BCUT2D eigenvalue weighted by atomic mass is 10.4. The van der Waals surface area contributed by atoms with Crippen LogP contribution in [-0.2, 0) is 9.47 Å². The van der Waals surface area contributed by atoms with Crippen molar-refractivity contribution < 1.29 is 29.3 Å². The first-order valence-corrected chi connectivity index (χ1v) is 3.49. The van der Waals surface area contributed by atoms with Crippen molar-refractivity contribution in [1.82, 2.24) is 0 Å². The second-order valence-corrected chi connectivity index (χ2v) is 1.95. The zero-order valence-electron chi connectivity index (χ0n) is 6.80. The van der Waals surface area contributed by atoms with E-state index < -0.39 is 12.3 Å². The van der Waals surface area contributed by atoms with Gasteiger partial charge in [-0.2, -0.15) is 0 Å². The highest BCUT2D eigenvalue weighted by Gasteiger charge is 1.93. The summed E-state index contributed by atoms with van der Waals surface area (Å²) in [5.74, 6) is 0. The molecule has 6 nitrogen and oxygen atoms in total. The minimum atomic E-state index is -1.34. The fourth-order valence-corrected chi connectivity index (χ4v) is 0.520. The molecule has 13 heavy (non-hydrogen) atoms. The standard InChI is InChI=1S/C7H10O6/c8-6(9)12-4-2-1-3-5-13-7(10)11/h1-2H,3-5H2,(H,8,9)(H,10,11). The zero-order valence-corrected chi connectivity index (χ0v) is 6.80. The van der Waals surface area contributed by atoms with Crippen LogP contribution in [-0.4, -0.2) is 35.7 Å². The summed E-state index contributed by atoms with van der Waals surface area (Å²) < 4.78 is 8.32. The predicted molar refractivity (Wildman–Crippen MR) is 41.7 cm³/mol. The van der Waals surface area contributed by atoms with Crippen LogP contribution in [0.1, 0.15) is 6.42 Å². The van der Waals surface area contributed by atoms with Gasteiger partial charge in [-0.05, 0) is 6.42 Å². The molecule has 74 valence electrons. The van der Waals surface area contributed by atoms with Crippen molar-refractivity contribution in [3.63, 3.8) is 0 Å². The van der Waals surface area contributed by atoms with E-state index in [1.807, 2.05) is 0 Å². The lowest BCUT2D eigenvalue weighted by Crippen LogP contribution is -2.01. The predicted octanol–water partition coefficient (Wildman–Crippen LogP) is 1.32. The molecule has 0 aliphatic carbocycles. The second kappa shape index (κ2) is 6.96. The van der Waals surface area contributed by atoms with Crippen molar-refractivity contribution in [1.29, 1.82) is 0 Å². The molecular formula is C7H10O6. The van der Waals surface area contributed by atoms with E-state index in [0.29, 0.717) is 6.42 Å². The average Bonchev–Trinajstić information content (AvgIpc) is 2.01. The Morgan fingerprint density at radius 1 is 1.08 bits per heavy atom. The number of ether oxygens (including phenoxy) is 2. The molecule has 0 aromatic carbocycles. The summed E-state index contributed by atoms with van der Waals surface area (Å²) in [5, 5.41) is 16.1. The van der Waals surface area contributed by atoms with Crippen molar-refractivity contribution in [3.05, 3.63) is 12.2 Å². The van der Waals surface area contributed by atoms with E-state index in [9.17, 15) is 9.59 Å². The molecule has 0 radical (unpaired) electrons. The van der Waals surface area contributed by atoms with Crippen molar-refractivity contribution >= 4 is 12.3 Å². The van der Waals surface area contributed by atoms with E-state index in [1.54, 1.807) is 6.08 Å². The summed E-state index contributed by atoms with van der Waals surface area (Å²) in [6.07, 6.45) is 0.780. The lowest BCUT2D eigenvalue weighted by Gasteiger charge is -1.95. The fourth-order valence-electron chi connectivity index (χ4n) is 0.520. The molecule has 0 saturated heterocycles. The van der Waals surface area contributed by atoms with Crippen LogP contribution < -0.4 is 0 Å². The van der Waals surface area contributed by atoms with Gasteiger partial charge in [0.05, 0.1) is 6.61 Å². The molecule has 0 aliphatic heterocycles. The van der Waals surface area contributed by atoms with Crippen LogP contribution in [0.15, 0.2) is 12.2 Å². The Hall–Kier alpha value is -1.72. The number of hydrogen-bond donors (Lipinski definition) is 2. The summed E-state index contributed by atoms with van der Waals surface area (Å²) in [7, 11) is 0. The molecule has 0 rings (SSSR count). The molecule has 0 atom stereocenters. The van der Waals surface area contributed by atoms with E-state index in [0.717, 1.165) is 0 Å². The Labute approximate surface area is 74.4 Å². The Balaban J connectivity index is 3.22. The van der Waals surface area contributed by atoms with Crippen LogP contribution >= 0.6 is 0 Å². The van der Waals surface area contributed by atoms with Gasteiger partial charge in [-0.3, -0.25) is 0 Å². The molecule has 0 amide bonds. The van der Waals surface area contributed by atoms with E-state index in [2.05, 4.69) is 9.47 Å². The van der Waals surface area contributed by atoms with E-state index in [-0.39, 0.29) is 13.2 Å². The minimum absolute atomic E-state index is 0.0393. The molecule has 0 heterocycles. The molecule has 0 unspecified atom stereocenters. The van der Waals surface area contributed by atoms with Crippen LogP contribution in [0.3, 0.4) is 0 Å². The van der Waals surface area contributed by atoms with Crippen molar-refractivity contribution in [2.24, 2.45) is 0 Å². The highest BCUT2D eigenvalue weighted by Crippen LogP contribution is 1.87. The topological polar surface area (TPSA) is 93.1 Å². The second-order valence-electron chi connectivity index (χ2n) is 1.95. The summed E-state index contributed by atoms with van der Waals surface area (Å²) in [6.45, 7) is 0.0152. The Morgan fingerprint density at radius 3 is 2.23 bits per heavy atom. The van der Waals surface area contributed by atoms with Gasteiger partial charge in [-0.1, -0.05) is 12.2 Å². The quantitative estimate of drug-likeness (QED) is 0.385. The number of rotatable bonds is 5. The first-order chi connectivity index (χ1) is 6.13. The molecule has 2 N–H and O–H groups in total. The summed E-state index contributed by atoms with van der Waals surface area (Å²) in [6, 6.07) is 0. The van der Waals surface area contributed by atoms with Crippen molar-refractivity contribution in [2.75, 3.05) is 13.2 Å². The van der Waals surface area contributed by atoms with Crippen molar-refractivity contribution in [2.45, 2.75) is 6.42 Å². The highest BCUT2D eigenvalue weighted by molar-refractivity contribution is 5.57. The van der Waals surface area contributed by atoms with Crippen LogP contribution in [0, 0.1) is 0 Å². The van der Waals surface area contributed by atoms with Crippen LogP contribution in [0.25, 0.3) is 0 Å². The lowest BCUT2D eigenvalue weighted by molar-refractivity contribution is 0.0932. The van der Waals surface area contributed by atoms with Gasteiger partial charge in [-0.25, -0.2) is 9.59 Å². The maximum atomic E-state index is 9.83. The molecule has 0 bridgehead atoms. The molecular weight excluding hydrogens is 180 g/mol. The van der Waals surface area contributed by atoms with Crippen LogP contribution in [0.2, 0.25) is 0 Å². The molecule has 0 aromatic heterocycles. The van der Waals surface area contributed by atoms with E-state index in [4.69, 9.17) is 10.2 Å². The zero-order chi connectivity index (χ0) is 10.1. The third-order valence-corrected chi connectivity index (χ3v) is 0.980. The van der Waals surface area contributed by atoms with Gasteiger partial charge in [0.1, 0.15) is 6.61 Å². The molecule has 0 fully saturated rings. The summed E-state index contributed by atoms with van der Waals surface area (Å²) in [4.78, 5) is 19.6. The fraction of sp³-hybridized carbons (Fsp3) is 0.429.